The van der Waals surface area contributed by atoms with Gasteiger partial charge < -0.3 is 5.32 Å². The Balaban J connectivity index is 3.92. The Bertz CT molecular complexity index is 214. The fourth-order valence-corrected chi connectivity index (χ4v) is 2.32. The van der Waals surface area contributed by atoms with Crippen LogP contribution in [0.1, 0.15) is 19.8 Å². The molecule has 0 bridgehead atoms. The minimum atomic E-state index is -3.00. The number of nitrogens with one attached hydrogen (secondary N) is 1. The molecule has 0 aromatic rings. The Hall–Kier alpha value is -0.130. The molecule has 0 radical (unpaired) electrons. The number of rotatable bonds is 7. The highest BCUT2D eigenvalue weighted by Crippen LogP contribution is 2.00. The zero-order valence-corrected chi connectivity index (χ0v) is 9.52. The van der Waals surface area contributed by atoms with Gasteiger partial charge in [-0.2, -0.15) is 0 Å². The second-order valence-corrected chi connectivity index (χ2v) is 5.29. The second kappa shape index (κ2) is 6.34. The molecular weight excluding hydrogens is 188 g/mol. The summed E-state index contributed by atoms with van der Waals surface area (Å²) in [5.74, 6) is 0.240. The summed E-state index contributed by atoms with van der Waals surface area (Å²) in [4.78, 5) is 0. The Morgan fingerprint density at radius 2 is 2.00 bits per heavy atom. The molecule has 0 unspecified atom stereocenters. The molecule has 1 N–H and O–H groups in total. The molecule has 0 aliphatic rings. The van der Waals surface area contributed by atoms with E-state index < -0.39 is 10.0 Å². The Kier molecular flexibility index (Phi) is 6.28. The maximum Gasteiger partial charge on any atom is 0.213 e. The second-order valence-electron chi connectivity index (χ2n) is 3.09. The van der Waals surface area contributed by atoms with Crippen LogP contribution in [0.3, 0.4) is 0 Å². The van der Waals surface area contributed by atoms with Crippen molar-refractivity contribution in [1.82, 2.24) is 9.62 Å². The van der Waals surface area contributed by atoms with Crippen LogP contribution in [0.25, 0.3) is 0 Å². The quantitative estimate of drug-likeness (QED) is 0.611. The Labute approximate surface area is 81.4 Å². The molecule has 0 rings (SSSR count). The highest BCUT2D eigenvalue weighted by atomic mass is 32.2. The lowest BCUT2D eigenvalue weighted by atomic mass is 10.5. The standard InChI is InChI=1S/C8H20N2O2S/c1-4-7-10(3)13(11,12)8-5-6-9-2/h9H,4-8H2,1-3H3. The fourth-order valence-electron chi connectivity index (χ4n) is 1.04. The molecule has 0 spiro atoms. The third-order valence-corrected chi connectivity index (χ3v) is 3.78. The van der Waals surface area contributed by atoms with Gasteiger partial charge in [0, 0.05) is 13.6 Å². The largest absolute Gasteiger partial charge is 0.320 e. The molecule has 0 amide bonds. The van der Waals surface area contributed by atoms with Crippen molar-refractivity contribution in [3.8, 4) is 0 Å². The minimum Gasteiger partial charge on any atom is -0.320 e. The van der Waals surface area contributed by atoms with Gasteiger partial charge in [0.25, 0.3) is 0 Å². The van der Waals surface area contributed by atoms with Crippen LogP contribution in [0.5, 0.6) is 0 Å². The van der Waals surface area contributed by atoms with Gasteiger partial charge in [-0.15, -0.1) is 0 Å². The lowest BCUT2D eigenvalue weighted by molar-refractivity contribution is 0.466. The van der Waals surface area contributed by atoms with Crippen molar-refractivity contribution < 1.29 is 8.42 Å². The molecular formula is C8H20N2O2S. The summed E-state index contributed by atoms with van der Waals surface area (Å²) in [6.45, 7) is 3.33. The van der Waals surface area contributed by atoms with Gasteiger partial charge in [0.15, 0.2) is 0 Å². The zero-order chi connectivity index (χ0) is 10.3. The van der Waals surface area contributed by atoms with Crippen LogP contribution in [-0.4, -0.2) is 45.7 Å². The maximum atomic E-state index is 11.5. The van der Waals surface area contributed by atoms with Gasteiger partial charge in [0.2, 0.25) is 10.0 Å². The molecule has 0 aromatic carbocycles. The molecule has 0 aliphatic heterocycles. The lowest BCUT2D eigenvalue weighted by Crippen LogP contribution is -2.30. The summed E-state index contributed by atoms with van der Waals surface area (Å²) in [7, 11) is 0.458. The molecule has 5 heteroatoms. The van der Waals surface area contributed by atoms with Crippen molar-refractivity contribution >= 4 is 10.0 Å². The molecule has 80 valence electrons. The van der Waals surface area contributed by atoms with E-state index in [1.165, 1.54) is 4.31 Å². The van der Waals surface area contributed by atoms with Crippen LogP contribution in [0.2, 0.25) is 0 Å². The average molecular weight is 208 g/mol. The normalized spacial score (nSPS) is 12.3. The number of hydrogen-bond acceptors (Lipinski definition) is 3. The lowest BCUT2D eigenvalue weighted by Gasteiger charge is -2.15. The predicted octanol–water partition coefficient (Wildman–Crippen LogP) is 0.267. The monoisotopic (exact) mass is 208 g/mol. The SMILES string of the molecule is CCCN(C)S(=O)(=O)CCCNC. The first-order valence-electron chi connectivity index (χ1n) is 4.63. The molecule has 0 atom stereocenters. The van der Waals surface area contributed by atoms with Gasteiger partial charge in [0.1, 0.15) is 0 Å². The first-order chi connectivity index (χ1) is 6.04. The first-order valence-corrected chi connectivity index (χ1v) is 6.24. The van der Waals surface area contributed by atoms with Gasteiger partial charge >= 0.3 is 0 Å². The van der Waals surface area contributed by atoms with E-state index in [0.717, 1.165) is 13.0 Å². The number of nitrogens with zero attached hydrogens (tertiary/aromatic N) is 1. The van der Waals surface area contributed by atoms with E-state index in [4.69, 9.17) is 0 Å². The molecule has 0 saturated heterocycles. The van der Waals surface area contributed by atoms with Crippen LogP contribution in [0, 0.1) is 0 Å². The van der Waals surface area contributed by atoms with E-state index in [2.05, 4.69) is 5.32 Å². The third kappa shape index (κ3) is 5.23. The minimum absolute atomic E-state index is 0.240. The highest BCUT2D eigenvalue weighted by Gasteiger charge is 2.15. The summed E-state index contributed by atoms with van der Waals surface area (Å²) < 4.78 is 24.4. The van der Waals surface area contributed by atoms with Gasteiger partial charge in [-0.05, 0) is 26.4 Å². The topological polar surface area (TPSA) is 49.4 Å². The maximum absolute atomic E-state index is 11.5. The average Bonchev–Trinajstić information content (AvgIpc) is 2.05. The summed E-state index contributed by atoms with van der Waals surface area (Å²) in [6.07, 6.45) is 1.54. The number of hydrogen-bond donors (Lipinski definition) is 1. The zero-order valence-electron chi connectivity index (χ0n) is 8.71. The molecule has 0 saturated carbocycles. The third-order valence-electron chi connectivity index (χ3n) is 1.84. The van der Waals surface area contributed by atoms with E-state index >= 15 is 0 Å². The van der Waals surface area contributed by atoms with Gasteiger partial charge in [-0.25, -0.2) is 12.7 Å². The molecule has 0 fully saturated rings. The van der Waals surface area contributed by atoms with Crippen LogP contribution in [0.15, 0.2) is 0 Å². The van der Waals surface area contributed by atoms with E-state index in [1.54, 1.807) is 7.05 Å². The van der Waals surface area contributed by atoms with E-state index in [-0.39, 0.29) is 5.75 Å². The highest BCUT2D eigenvalue weighted by molar-refractivity contribution is 7.89. The summed E-state index contributed by atoms with van der Waals surface area (Å²) >= 11 is 0. The molecule has 4 nitrogen and oxygen atoms in total. The van der Waals surface area contributed by atoms with E-state index in [1.807, 2.05) is 14.0 Å². The van der Waals surface area contributed by atoms with Gasteiger partial charge in [-0.1, -0.05) is 6.92 Å². The van der Waals surface area contributed by atoms with Crippen LogP contribution in [0.4, 0.5) is 0 Å². The molecule has 13 heavy (non-hydrogen) atoms. The smallest absolute Gasteiger partial charge is 0.213 e. The fraction of sp³-hybridized carbons (Fsp3) is 1.00. The Morgan fingerprint density at radius 1 is 1.38 bits per heavy atom. The number of sulfonamides is 1. The summed E-state index contributed by atoms with van der Waals surface area (Å²) in [5.41, 5.74) is 0. The van der Waals surface area contributed by atoms with Crippen molar-refractivity contribution in [3.63, 3.8) is 0 Å². The predicted molar refractivity (Wildman–Crippen MR) is 55.3 cm³/mol. The van der Waals surface area contributed by atoms with Crippen LogP contribution in [-0.2, 0) is 10.0 Å². The van der Waals surface area contributed by atoms with Gasteiger partial charge in [0.05, 0.1) is 5.75 Å². The first kappa shape index (κ1) is 12.9. The van der Waals surface area contributed by atoms with Crippen molar-refractivity contribution in [3.05, 3.63) is 0 Å². The van der Waals surface area contributed by atoms with E-state index in [0.29, 0.717) is 13.0 Å². The molecule has 0 aromatic heterocycles. The van der Waals surface area contributed by atoms with Crippen LogP contribution < -0.4 is 5.32 Å². The van der Waals surface area contributed by atoms with Crippen molar-refractivity contribution in [2.75, 3.05) is 32.9 Å². The van der Waals surface area contributed by atoms with Crippen molar-refractivity contribution in [1.29, 1.82) is 0 Å². The van der Waals surface area contributed by atoms with Crippen LogP contribution >= 0.6 is 0 Å². The Morgan fingerprint density at radius 3 is 2.46 bits per heavy atom. The van der Waals surface area contributed by atoms with Gasteiger partial charge in [-0.3, -0.25) is 0 Å². The summed E-state index contributed by atoms with van der Waals surface area (Å²) in [5, 5.41) is 2.93. The molecule has 0 aliphatic carbocycles. The van der Waals surface area contributed by atoms with Crippen molar-refractivity contribution in [2.24, 2.45) is 0 Å². The van der Waals surface area contributed by atoms with E-state index in [9.17, 15) is 8.42 Å². The summed E-state index contributed by atoms with van der Waals surface area (Å²) in [6, 6.07) is 0. The molecule has 0 heterocycles. The van der Waals surface area contributed by atoms with Crippen molar-refractivity contribution in [2.45, 2.75) is 19.8 Å².